The van der Waals surface area contributed by atoms with Gasteiger partial charge < -0.3 is 4.74 Å². The Labute approximate surface area is 209 Å². The van der Waals surface area contributed by atoms with Crippen LogP contribution in [0.25, 0.3) is 22.4 Å². The molecule has 0 unspecified atom stereocenters. The van der Waals surface area contributed by atoms with Crippen LogP contribution in [0, 0.1) is 11.3 Å². The molecule has 0 amide bonds. The molecule has 0 aromatic heterocycles. The van der Waals surface area contributed by atoms with Crippen molar-refractivity contribution in [2.75, 3.05) is 0 Å². The van der Waals surface area contributed by atoms with E-state index in [2.05, 4.69) is 22.0 Å². The molecule has 0 saturated heterocycles. The fourth-order valence-corrected chi connectivity index (χ4v) is 4.74. The quantitative estimate of drug-likeness (QED) is 0.186. The van der Waals surface area contributed by atoms with Crippen LogP contribution in [0.4, 0.5) is 0 Å². The van der Waals surface area contributed by atoms with E-state index in [9.17, 15) is 5.26 Å². The topological polar surface area (TPSA) is 33.0 Å². The third-order valence-electron chi connectivity index (χ3n) is 4.90. The first-order valence-electron chi connectivity index (χ1n) is 9.61. The Kier molecular flexibility index (Phi) is 7.08. The van der Waals surface area contributed by atoms with Crippen LogP contribution < -0.4 is 4.74 Å². The van der Waals surface area contributed by atoms with Gasteiger partial charge in [0.25, 0.3) is 0 Å². The Morgan fingerprint density at radius 1 is 0.906 bits per heavy atom. The zero-order valence-electron chi connectivity index (χ0n) is 16.6. The summed E-state index contributed by atoms with van der Waals surface area (Å²) in [7, 11) is 0. The maximum absolute atomic E-state index is 9.75. The second kappa shape index (κ2) is 9.98. The number of benzene rings is 4. The van der Waals surface area contributed by atoms with Gasteiger partial charge in [-0.05, 0) is 74.2 Å². The number of hydrogen-bond acceptors (Lipinski definition) is 2. The van der Waals surface area contributed by atoms with Gasteiger partial charge in [0, 0.05) is 15.6 Å². The van der Waals surface area contributed by atoms with Crippen LogP contribution in [0.5, 0.6) is 5.75 Å². The lowest BCUT2D eigenvalue weighted by atomic mass is 10.00. The second-order valence-electron chi connectivity index (χ2n) is 7.07. The van der Waals surface area contributed by atoms with E-state index in [1.807, 2.05) is 54.6 Å². The molecule has 32 heavy (non-hydrogen) atoms. The molecule has 0 N–H and O–H groups in total. The van der Waals surface area contributed by atoms with Gasteiger partial charge in [0.1, 0.15) is 6.61 Å². The summed E-state index contributed by atoms with van der Waals surface area (Å²) >= 11 is 22.2. The van der Waals surface area contributed by atoms with Crippen LogP contribution in [-0.2, 0) is 6.61 Å². The van der Waals surface area contributed by atoms with Gasteiger partial charge in [0.05, 0.1) is 21.1 Å². The molecule has 0 radical (unpaired) electrons. The summed E-state index contributed by atoms with van der Waals surface area (Å²) < 4.78 is 6.58. The molecule has 2 nitrogen and oxygen atoms in total. The Balaban J connectivity index is 1.61. The van der Waals surface area contributed by atoms with Gasteiger partial charge in [-0.1, -0.05) is 77.3 Å². The smallest absolute Gasteiger partial charge is 0.152 e. The molecule has 4 aromatic rings. The van der Waals surface area contributed by atoms with Gasteiger partial charge in [-0.3, -0.25) is 0 Å². The van der Waals surface area contributed by atoms with Crippen molar-refractivity contribution in [1.82, 2.24) is 0 Å². The lowest BCUT2D eigenvalue weighted by Gasteiger charge is -2.12. The van der Waals surface area contributed by atoms with E-state index in [0.29, 0.717) is 30.9 Å². The average Bonchev–Trinajstić information content (AvgIpc) is 2.78. The van der Waals surface area contributed by atoms with Crippen LogP contribution in [0.1, 0.15) is 16.7 Å². The molecular formula is C26H15BrCl3NO. The number of halogens is 4. The predicted octanol–water partition coefficient (Wildman–Crippen LogP) is 9.21. The van der Waals surface area contributed by atoms with Crippen molar-refractivity contribution in [2.24, 2.45) is 0 Å². The number of hydrogen-bond donors (Lipinski definition) is 0. The summed E-state index contributed by atoms with van der Waals surface area (Å²) in [4.78, 5) is 0. The largest absolute Gasteiger partial charge is 0.486 e. The zero-order chi connectivity index (χ0) is 22.7. The van der Waals surface area contributed by atoms with Gasteiger partial charge in [0.2, 0.25) is 0 Å². The lowest BCUT2D eigenvalue weighted by molar-refractivity contribution is 0.304. The molecule has 0 aliphatic heterocycles. The van der Waals surface area contributed by atoms with Crippen molar-refractivity contribution in [3.8, 4) is 11.8 Å². The van der Waals surface area contributed by atoms with Crippen molar-refractivity contribution >= 4 is 73.2 Å². The molecule has 0 aliphatic rings. The highest BCUT2D eigenvalue weighted by molar-refractivity contribution is 9.10. The van der Waals surface area contributed by atoms with Crippen LogP contribution >= 0.6 is 50.7 Å². The minimum Gasteiger partial charge on any atom is -0.486 e. The zero-order valence-corrected chi connectivity index (χ0v) is 20.4. The number of fused-ring (bicyclic) bond motifs is 1. The van der Waals surface area contributed by atoms with Gasteiger partial charge in [-0.2, -0.15) is 5.26 Å². The summed E-state index contributed by atoms with van der Waals surface area (Å²) in [5.41, 5.74) is 2.96. The highest BCUT2D eigenvalue weighted by atomic mass is 79.9. The van der Waals surface area contributed by atoms with E-state index < -0.39 is 0 Å². The van der Waals surface area contributed by atoms with Gasteiger partial charge in [0.15, 0.2) is 5.75 Å². The number of nitriles is 1. The normalized spacial score (nSPS) is 11.4. The van der Waals surface area contributed by atoms with Crippen LogP contribution in [0.15, 0.2) is 77.3 Å². The van der Waals surface area contributed by atoms with Gasteiger partial charge >= 0.3 is 0 Å². The van der Waals surface area contributed by atoms with E-state index in [0.717, 1.165) is 27.5 Å². The average molecular weight is 544 g/mol. The van der Waals surface area contributed by atoms with E-state index >= 15 is 0 Å². The molecule has 158 valence electrons. The van der Waals surface area contributed by atoms with Crippen molar-refractivity contribution in [3.05, 3.63) is 109 Å². The molecule has 6 heteroatoms. The first kappa shape index (κ1) is 22.7. The standard InChI is InChI=1S/C26H15BrCl3NO/c27-23-10-16(9-21(14-31)19-6-5-17-3-1-2-4-18(17)12-19)11-25(30)26(23)32-15-20-7-8-22(28)13-24(20)29/h1-13H,15H2/b21-9-. The Morgan fingerprint density at radius 2 is 1.69 bits per heavy atom. The third kappa shape index (κ3) is 5.11. The van der Waals surface area contributed by atoms with Crippen LogP contribution in [0.3, 0.4) is 0 Å². The second-order valence-corrected chi connectivity index (χ2v) is 9.18. The fourth-order valence-electron chi connectivity index (χ4n) is 3.29. The van der Waals surface area contributed by atoms with Gasteiger partial charge in [-0.15, -0.1) is 0 Å². The van der Waals surface area contributed by atoms with Crippen molar-refractivity contribution in [1.29, 1.82) is 5.26 Å². The molecule has 0 saturated carbocycles. The first-order chi connectivity index (χ1) is 15.4. The van der Waals surface area contributed by atoms with E-state index in [1.165, 1.54) is 0 Å². The predicted molar refractivity (Wildman–Crippen MR) is 137 cm³/mol. The van der Waals surface area contributed by atoms with Crippen LogP contribution in [0.2, 0.25) is 15.1 Å². The molecule has 4 aromatic carbocycles. The Morgan fingerprint density at radius 3 is 2.41 bits per heavy atom. The number of allylic oxidation sites excluding steroid dienone is 1. The fraction of sp³-hybridized carbons (Fsp3) is 0.0385. The van der Waals surface area contributed by atoms with E-state index in [4.69, 9.17) is 39.5 Å². The lowest BCUT2D eigenvalue weighted by Crippen LogP contribution is -1.98. The monoisotopic (exact) mass is 541 g/mol. The Hall–Kier alpha value is -2.48. The molecule has 0 heterocycles. The molecule has 0 atom stereocenters. The summed E-state index contributed by atoms with van der Waals surface area (Å²) in [6.07, 6.45) is 1.81. The maximum Gasteiger partial charge on any atom is 0.152 e. The highest BCUT2D eigenvalue weighted by Gasteiger charge is 2.12. The highest BCUT2D eigenvalue weighted by Crippen LogP contribution is 2.37. The van der Waals surface area contributed by atoms with Crippen molar-refractivity contribution < 1.29 is 4.74 Å². The van der Waals surface area contributed by atoms with Crippen molar-refractivity contribution in [3.63, 3.8) is 0 Å². The first-order valence-corrected chi connectivity index (χ1v) is 11.5. The molecule has 0 fully saturated rings. The number of rotatable bonds is 5. The minimum atomic E-state index is 0.240. The summed E-state index contributed by atoms with van der Waals surface area (Å²) in [6, 6.07) is 25.2. The van der Waals surface area contributed by atoms with Crippen LogP contribution in [-0.4, -0.2) is 0 Å². The van der Waals surface area contributed by atoms with Crippen molar-refractivity contribution in [2.45, 2.75) is 6.61 Å². The van der Waals surface area contributed by atoms with Gasteiger partial charge in [-0.25, -0.2) is 0 Å². The molecule has 0 aliphatic carbocycles. The molecule has 4 rings (SSSR count). The third-order valence-corrected chi connectivity index (χ3v) is 6.36. The minimum absolute atomic E-state index is 0.240. The summed E-state index contributed by atoms with van der Waals surface area (Å²) in [5.74, 6) is 0.499. The van der Waals surface area contributed by atoms with E-state index in [1.54, 1.807) is 24.3 Å². The molecule has 0 spiro atoms. The SMILES string of the molecule is N#C/C(=C/c1cc(Cl)c(OCc2ccc(Cl)cc2Cl)c(Br)c1)c1ccc2ccccc2c1. The molecular weight excluding hydrogens is 529 g/mol. The Bertz CT molecular complexity index is 1370. The van der Waals surface area contributed by atoms with E-state index in [-0.39, 0.29) is 6.61 Å². The number of nitrogens with zero attached hydrogens (tertiary/aromatic N) is 1. The summed E-state index contributed by atoms with van der Waals surface area (Å²) in [5, 5.41) is 13.5. The maximum atomic E-state index is 9.75. The summed E-state index contributed by atoms with van der Waals surface area (Å²) in [6.45, 7) is 0.240. The molecule has 0 bridgehead atoms. The number of ether oxygens (including phenoxy) is 1.